The van der Waals surface area contributed by atoms with E-state index >= 15 is 0 Å². The molecule has 0 saturated heterocycles. The summed E-state index contributed by atoms with van der Waals surface area (Å²) in [6.07, 6.45) is 9.15. The van der Waals surface area contributed by atoms with Gasteiger partial charge in [0.15, 0.2) is 0 Å². The number of nitrogens with zero attached hydrogens (tertiary/aromatic N) is 2. The van der Waals surface area contributed by atoms with E-state index in [0.717, 1.165) is 6.42 Å². The molecule has 0 spiro atoms. The molecule has 1 aliphatic carbocycles. The van der Waals surface area contributed by atoms with Crippen LogP contribution in [-0.2, 0) is 11.8 Å². The molecule has 0 bridgehead atoms. The van der Waals surface area contributed by atoms with Gasteiger partial charge in [0.2, 0.25) is 0 Å². The zero-order chi connectivity index (χ0) is 39.7. The Kier molecular flexibility index (Phi) is 11.0. The third-order valence-electron chi connectivity index (χ3n) is 10.3. The second-order valence-corrected chi connectivity index (χ2v) is 18.7. The van der Waals surface area contributed by atoms with Crippen LogP contribution in [0.3, 0.4) is 0 Å². The first-order valence-corrected chi connectivity index (χ1v) is 19.8. The lowest BCUT2D eigenvalue weighted by molar-refractivity contribution is 0.291. The molecule has 0 saturated carbocycles. The van der Waals surface area contributed by atoms with E-state index in [1.165, 1.54) is 72.0 Å². The van der Waals surface area contributed by atoms with Crippen molar-refractivity contribution in [3.63, 3.8) is 0 Å². The zero-order valence-electron chi connectivity index (χ0n) is 34.9. The molecule has 0 fully saturated rings. The number of hydrogen-bond acceptors (Lipinski definition) is 0. The van der Waals surface area contributed by atoms with Crippen molar-refractivity contribution in [1.29, 1.82) is 0 Å². The van der Waals surface area contributed by atoms with E-state index in [2.05, 4.69) is 219 Å². The fraction of sp³-hybridized carbons (Fsp3) is 0.283. The monoisotopic (exact) mass is 724 g/mol. The lowest BCUT2D eigenvalue weighted by Gasteiger charge is -2.30. The Morgan fingerprint density at radius 2 is 1.05 bits per heavy atom. The Morgan fingerprint density at radius 3 is 1.60 bits per heavy atom. The first kappa shape index (κ1) is 39.4. The van der Waals surface area contributed by atoms with Gasteiger partial charge in [-0.2, -0.15) is 0 Å². The average Bonchev–Trinajstić information content (AvgIpc) is 3.66. The molecule has 2 heterocycles. The largest absolute Gasteiger partial charge is 0.310 e. The van der Waals surface area contributed by atoms with Crippen molar-refractivity contribution in [1.82, 2.24) is 9.13 Å². The van der Waals surface area contributed by atoms with Crippen molar-refractivity contribution in [2.75, 3.05) is 0 Å². The summed E-state index contributed by atoms with van der Waals surface area (Å²) in [5, 5.41) is 3.97. The van der Waals surface area contributed by atoms with Crippen LogP contribution in [0.1, 0.15) is 86.1 Å². The number of allylic oxidation sites excluding steroid dienone is 3. The summed E-state index contributed by atoms with van der Waals surface area (Å²) in [6.45, 7) is 29.4. The molecule has 7 aromatic rings. The van der Waals surface area contributed by atoms with E-state index in [9.17, 15) is 0 Å². The summed E-state index contributed by atoms with van der Waals surface area (Å²) >= 11 is 0. The van der Waals surface area contributed by atoms with Crippen LogP contribution in [0.4, 0.5) is 0 Å². The Bertz CT molecular complexity index is 2500. The normalized spacial score (nSPS) is 14.2. The molecule has 5 aromatic carbocycles. The molecule has 282 valence electrons. The highest BCUT2D eigenvalue weighted by molar-refractivity contribution is 6.09. The summed E-state index contributed by atoms with van der Waals surface area (Å²) < 4.78 is 4.89. The van der Waals surface area contributed by atoms with Crippen LogP contribution in [0.2, 0.25) is 0 Å². The SMILES string of the molecule is C=CC=C.CC(C)(C)C.CC(C)(C)c1ccc2c(c1)c1ccccc1n2-c1cccc(-c2cccc(-n3c4c(c5ccccc53)CC(C(C)(C)C)C=C4)c2)c1. The Morgan fingerprint density at radius 1 is 0.545 bits per heavy atom. The van der Waals surface area contributed by atoms with Gasteiger partial charge in [0.05, 0.1) is 16.6 Å². The van der Waals surface area contributed by atoms with Crippen LogP contribution in [0.5, 0.6) is 0 Å². The smallest absolute Gasteiger partial charge is 0.0541 e. The number of benzene rings is 5. The number of aromatic nitrogens is 2. The maximum Gasteiger partial charge on any atom is 0.0541 e. The number of para-hydroxylation sites is 2. The van der Waals surface area contributed by atoms with Crippen molar-refractivity contribution in [2.24, 2.45) is 16.7 Å². The highest BCUT2D eigenvalue weighted by Crippen LogP contribution is 2.41. The second-order valence-electron chi connectivity index (χ2n) is 18.7. The lowest BCUT2D eigenvalue weighted by Crippen LogP contribution is -2.22. The summed E-state index contributed by atoms with van der Waals surface area (Å²) in [5.74, 6) is 0.522. The summed E-state index contributed by atoms with van der Waals surface area (Å²) in [7, 11) is 0. The Hall–Kier alpha value is -5.34. The van der Waals surface area contributed by atoms with Crippen LogP contribution in [0, 0.1) is 16.7 Å². The van der Waals surface area contributed by atoms with Gasteiger partial charge < -0.3 is 9.13 Å². The van der Waals surface area contributed by atoms with Crippen LogP contribution in [0.15, 0.2) is 147 Å². The lowest BCUT2D eigenvalue weighted by atomic mass is 9.75. The first-order valence-electron chi connectivity index (χ1n) is 19.8. The van der Waals surface area contributed by atoms with Crippen LogP contribution in [-0.4, -0.2) is 9.13 Å². The molecule has 2 heteroatoms. The first-order chi connectivity index (χ1) is 26.0. The summed E-state index contributed by atoms with van der Waals surface area (Å²) in [5.41, 5.74) is 13.5. The predicted octanol–water partition coefficient (Wildman–Crippen LogP) is 15.3. The van der Waals surface area contributed by atoms with E-state index in [-0.39, 0.29) is 10.8 Å². The Labute approximate surface area is 330 Å². The van der Waals surface area contributed by atoms with E-state index in [4.69, 9.17) is 0 Å². The van der Waals surface area contributed by atoms with Gasteiger partial charge in [-0.15, -0.1) is 0 Å². The van der Waals surface area contributed by atoms with E-state index in [1.807, 2.05) is 0 Å². The van der Waals surface area contributed by atoms with Crippen molar-refractivity contribution in [2.45, 2.75) is 81.1 Å². The van der Waals surface area contributed by atoms with Gasteiger partial charge in [-0.05, 0) is 105 Å². The molecule has 1 unspecified atom stereocenters. The van der Waals surface area contributed by atoms with Crippen LogP contribution >= 0.6 is 0 Å². The maximum atomic E-state index is 3.36. The molecule has 1 aliphatic rings. The molecular formula is C53H60N2. The number of fused-ring (bicyclic) bond motifs is 6. The Balaban J connectivity index is 0.000000517. The molecule has 55 heavy (non-hydrogen) atoms. The van der Waals surface area contributed by atoms with E-state index in [0.29, 0.717) is 11.3 Å². The van der Waals surface area contributed by atoms with Crippen molar-refractivity contribution in [3.05, 3.63) is 163 Å². The van der Waals surface area contributed by atoms with E-state index < -0.39 is 0 Å². The quantitative estimate of drug-likeness (QED) is 0.160. The highest BCUT2D eigenvalue weighted by atomic mass is 15.0. The minimum atomic E-state index is 0.0940. The minimum absolute atomic E-state index is 0.0940. The minimum Gasteiger partial charge on any atom is -0.310 e. The standard InChI is InChI=1S/C44H42N2.C5H12.C4H6/c1-43(2,3)31-21-23-41-37(27-31)35-17-7-9-19-39(35)45(41)33-15-11-13-29(25-33)30-14-12-16-34(26-30)46-40-20-10-8-18-36(40)38-28-32(44(4,5)6)22-24-42(38)46;1-5(2,3)4;1-3-4-2/h7-27,32H,28H2,1-6H3;1-4H3;3-4H,1-2H2. The maximum absolute atomic E-state index is 3.36. The molecule has 8 rings (SSSR count). The van der Waals surface area contributed by atoms with Crippen LogP contribution < -0.4 is 0 Å². The second kappa shape index (κ2) is 15.4. The number of hydrogen-bond donors (Lipinski definition) is 0. The van der Waals surface area contributed by atoms with Crippen molar-refractivity contribution < 1.29 is 0 Å². The summed E-state index contributed by atoms with van der Waals surface area (Å²) in [6, 6.07) is 42.8. The van der Waals surface area contributed by atoms with Crippen molar-refractivity contribution >= 4 is 38.8 Å². The molecule has 2 nitrogen and oxygen atoms in total. The summed E-state index contributed by atoms with van der Waals surface area (Å²) in [4.78, 5) is 0. The molecule has 1 atom stereocenters. The van der Waals surface area contributed by atoms with Gasteiger partial charge in [-0.25, -0.2) is 0 Å². The van der Waals surface area contributed by atoms with Gasteiger partial charge in [-0.1, -0.05) is 167 Å². The molecule has 0 aliphatic heterocycles. The molecule has 0 radical (unpaired) electrons. The average molecular weight is 725 g/mol. The molecule has 0 N–H and O–H groups in total. The molecule has 0 amide bonds. The van der Waals surface area contributed by atoms with Gasteiger partial charge >= 0.3 is 0 Å². The molecule has 2 aromatic heterocycles. The molecular weight excluding hydrogens is 665 g/mol. The van der Waals surface area contributed by atoms with Gasteiger partial charge in [-0.3, -0.25) is 0 Å². The predicted molar refractivity (Wildman–Crippen MR) is 243 cm³/mol. The van der Waals surface area contributed by atoms with Gasteiger partial charge in [0.1, 0.15) is 0 Å². The van der Waals surface area contributed by atoms with Gasteiger partial charge in [0, 0.05) is 33.2 Å². The third kappa shape index (κ3) is 8.50. The fourth-order valence-electron chi connectivity index (χ4n) is 7.45. The highest BCUT2D eigenvalue weighted by Gasteiger charge is 2.29. The zero-order valence-corrected chi connectivity index (χ0v) is 34.9. The van der Waals surface area contributed by atoms with Crippen LogP contribution in [0.25, 0.3) is 61.3 Å². The topological polar surface area (TPSA) is 9.86 Å². The van der Waals surface area contributed by atoms with Crippen molar-refractivity contribution in [3.8, 4) is 22.5 Å². The van der Waals surface area contributed by atoms with E-state index in [1.54, 1.807) is 12.2 Å². The fourth-order valence-corrected chi connectivity index (χ4v) is 7.45. The number of rotatable bonds is 4. The van der Waals surface area contributed by atoms with Gasteiger partial charge in [0.25, 0.3) is 0 Å². The third-order valence-corrected chi connectivity index (χ3v) is 10.3.